The second-order valence-electron chi connectivity index (χ2n) is 44.0. The number of hydrogen-bond donors (Lipinski definition) is 0. The maximum Gasteiger partial charge on any atom is 0.216 e. The Kier molecular flexibility index (Phi) is 22.6. The van der Waals surface area contributed by atoms with Gasteiger partial charge in [-0.25, -0.2) is 27.4 Å². The summed E-state index contributed by atoms with van der Waals surface area (Å²) in [7, 11) is 12.5. The van der Waals surface area contributed by atoms with E-state index >= 15 is 0 Å². The van der Waals surface area contributed by atoms with Crippen LogP contribution >= 0.6 is 0 Å². The summed E-state index contributed by atoms with van der Waals surface area (Å²) in [6, 6.07) is 71.0. The van der Waals surface area contributed by atoms with Gasteiger partial charge in [-0.2, -0.15) is 0 Å². The number of aryl methyl sites for hydroxylation is 12. The first-order valence-electron chi connectivity index (χ1n) is 51.4. The van der Waals surface area contributed by atoms with Gasteiger partial charge in [-0.1, -0.05) is 187 Å². The van der Waals surface area contributed by atoms with Crippen LogP contribution in [0.15, 0.2) is 243 Å². The van der Waals surface area contributed by atoms with Gasteiger partial charge in [0.25, 0.3) is 0 Å². The van der Waals surface area contributed by atoms with Gasteiger partial charge in [0.1, 0.15) is 105 Å². The van der Waals surface area contributed by atoms with E-state index < -0.39 is 23.8 Å². The van der Waals surface area contributed by atoms with E-state index in [9.17, 15) is 0 Å². The molecule has 0 atom stereocenters. The molecule has 12 heterocycles. The first-order chi connectivity index (χ1) is 65.6. The van der Waals surface area contributed by atoms with Crippen LogP contribution in [-0.2, 0) is 87.5 Å². The number of aromatic nitrogens is 6. The van der Waals surface area contributed by atoms with E-state index in [2.05, 4.69) is 352 Å². The van der Waals surface area contributed by atoms with Gasteiger partial charge in [0.15, 0.2) is 37.2 Å². The standard InChI is InChI=1S/C25H26NO.C22H28NO.C21H26NO.C19H22NO.C19H24NO.C17H20NO/c1-17-12-13-20-23(22(17)21-11-7-8-14-26(21)4)27-25(24(20,2)3)15-18-9-5-6-10-19(18)16-25;1-16-11-12-17-20(19(16)18-10-6-9-15-23(18)4)24-22(21(17,2)3)13-7-5-8-14-22;1-15-10-11-16-19(18(15)17-9-5-8-14-22(17)4)23-21(20(16,2)3)12-6-7-13-21;1-13-8-9-14-17(21-19(10-11-19)18(14,2)3)16(13)15-7-5-6-12-20(15)4;1-13-10-11-14-17(21-19(4,5)18(14,2)3)16(13)15-9-7-8-12-20(15)6;1-12-8-9-13-16(19-11-17(13,2)3)15(12)14-7-5-6-10-18(14)4/h5-14H,15-16H2,1-4H3;6,9-12,15H,5,7-8,13-14H2,1-4H3;5,8-11,14H,6-7,12-13H2,1-4H3;5-9,12H,10-11H2,1-4H3;7-12H,1-6H3;5-10H,11H2,1-4H3/q6*+1/i15D2,16D2;;;;;. The van der Waals surface area contributed by atoms with Crippen molar-refractivity contribution in [1.29, 1.82) is 0 Å². The van der Waals surface area contributed by atoms with E-state index in [1.165, 1.54) is 183 Å². The van der Waals surface area contributed by atoms with E-state index in [0.717, 1.165) is 57.7 Å². The number of pyridine rings is 6. The van der Waals surface area contributed by atoms with Crippen LogP contribution in [-0.4, -0.2) is 34.6 Å². The monoisotopic (exact) mass is 1810 g/mol. The molecular weight excluding hydrogens is 1660 g/mol. The van der Waals surface area contributed by atoms with Crippen molar-refractivity contribution in [1.82, 2.24) is 0 Å². The topological polar surface area (TPSA) is 78.7 Å². The van der Waals surface area contributed by atoms with Crippen LogP contribution < -0.4 is 55.8 Å². The smallest absolute Gasteiger partial charge is 0.216 e. The summed E-state index contributed by atoms with van der Waals surface area (Å²) in [6.45, 7) is 45.0. The molecule has 12 heteroatoms. The number of hydrogen-bond acceptors (Lipinski definition) is 6. The Balaban J connectivity index is 0.000000111. The van der Waals surface area contributed by atoms with Crippen molar-refractivity contribution in [2.45, 2.75) is 282 Å². The van der Waals surface area contributed by atoms with Gasteiger partial charge in [-0.3, -0.25) is 0 Å². The number of nitrogens with zero attached hydrogens (tertiary/aromatic N) is 6. The number of fused-ring (bicyclic) bond motifs is 7. The predicted octanol–water partition coefficient (Wildman–Crippen LogP) is 24.8. The summed E-state index contributed by atoms with van der Waals surface area (Å²) in [4.78, 5) is 0. The Morgan fingerprint density at radius 3 is 0.748 bits per heavy atom. The van der Waals surface area contributed by atoms with E-state index in [0.29, 0.717) is 16.9 Å². The molecule has 0 saturated heterocycles. The lowest BCUT2D eigenvalue weighted by Gasteiger charge is -2.43. The van der Waals surface area contributed by atoms with E-state index in [1.807, 2.05) is 75.0 Å². The van der Waals surface area contributed by atoms with Crippen molar-refractivity contribution in [3.05, 3.63) is 321 Å². The summed E-state index contributed by atoms with van der Waals surface area (Å²) in [5, 5.41) is 0. The Labute approximate surface area is 811 Å². The minimum atomic E-state index is -2.03. The molecule has 23 rings (SSSR count). The minimum absolute atomic E-state index is 0.00185. The van der Waals surface area contributed by atoms with Gasteiger partial charge in [0, 0.05) is 157 Å². The van der Waals surface area contributed by atoms with Crippen molar-refractivity contribution >= 4 is 0 Å². The highest BCUT2D eigenvalue weighted by Gasteiger charge is 2.64. The van der Waals surface area contributed by atoms with Gasteiger partial charge >= 0.3 is 0 Å². The third-order valence-corrected chi connectivity index (χ3v) is 33.4. The minimum Gasteiger partial charge on any atom is -0.491 e. The Bertz CT molecular complexity index is 6870. The number of rotatable bonds is 6. The Morgan fingerprint density at radius 2 is 0.467 bits per heavy atom. The number of benzene rings is 7. The van der Waals surface area contributed by atoms with Gasteiger partial charge < -0.3 is 28.4 Å². The molecule has 10 aliphatic rings. The van der Waals surface area contributed by atoms with Crippen LogP contribution in [0.4, 0.5) is 0 Å². The van der Waals surface area contributed by atoms with Gasteiger partial charge in [0.05, 0.1) is 40.0 Å². The zero-order valence-corrected chi connectivity index (χ0v) is 85.2. The molecule has 0 bridgehead atoms. The van der Waals surface area contributed by atoms with Crippen LogP contribution in [0, 0.1) is 41.5 Å². The summed E-state index contributed by atoms with van der Waals surface area (Å²) in [5.41, 5.74) is 27.3. The van der Waals surface area contributed by atoms with Crippen molar-refractivity contribution in [3.63, 3.8) is 0 Å². The molecule has 7 aromatic carbocycles. The molecule has 0 N–H and O–H groups in total. The fourth-order valence-corrected chi connectivity index (χ4v) is 23.4. The lowest BCUT2D eigenvalue weighted by atomic mass is 9.65. The highest BCUT2D eigenvalue weighted by Crippen LogP contribution is 2.65. The lowest BCUT2D eigenvalue weighted by molar-refractivity contribution is -0.660. The van der Waals surface area contributed by atoms with Crippen molar-refractivity contribution in [3.8, 4) is 102 Å². The summed E-state index contributed by atoms with van der Waals surface area (Å²) in [5.74, 6) is 6.05. The normalized spacial score (nSPS) is 20.2. The molecular formula is C123H146N6O6+6. The molecule has 4 aliphatic carbocycles. The first kappa shape index (κ1) is 88.5. The molecule has 13 aromatic rings. The molecule has 0 radical (unpaired) electrons. The van der Waals surface area contributed by atoms with Crippen LogP contribution in [0.2, 0.25) is 0 Å². The molecule has 6 aliphatic heterocycles. The Hall–Kier alpha value is -11.8. The SMILES string of the molecule is Cc1ccc2c(c1-c1cccc[n+]1C)OC(C)(C)C2(C)C.Cc1ccc2c(c1-c1cccc[n+]1C)OC1(CC1)C2(C)C.Cc1ccc2c(c1-c1cccc[n+]1C)OC1(CCCC1)C2(C)C.Cc1ccc2c(c1-c1cccc[n+]1C)OC1(CCCCC1)C2(C)C.Cc1ccc2c(c1-c1cccc[n+]1C)OCC2(C)C.[2H]C1([2H])c2ccccc2C([2H])([2H])C12Oc1c(ccc(C)c1-c1cccc[n+]1C)C2(C)C. The molecule has 3 saturated carbocycles. The van der Waals surface area contributed by atoms with Gasteiger partial charge in [-0.15, -0.1) is 0 Å². The number of ether oxygens (including phenoxy) is 6. The fourth-order valence-electron chi connectivity index (χ4n) is 23.4. The van der Waals surface area contributed by atoms with Crippen LogP contribution in [0.5, 0.6) is 34.5 Å². The second-order valence-corrected chi connectivity index (χ2v) is 44.0. The third kappa shape index (κ3) is 15.5. The van der Waals surface area contributed by atoms with Crippen LogP contribution in [0.3, 0.4) is 0 Å². The fraction of sp³-hybridized carbons (Fsp3) is 0.415. The quantitative estimate of drug-likeness (QED) is 0.154. The molecule has 12 nitrogen and oxygen atoms in total. The summed E-state index contributed by atoms with van der Waals surface area (Å²) >= 11 is 0. The van der Waals surface area contributed by atoms with E-state index in [-0.39, 0.29) is 49.5 Å². The Morgan fingerprint density at radius 1 is 0.237 bits per heavy atom. The largest absolute Gasteiger partial charge is 0.491 e. The van der Waals surface area contributed by atoms with Crippen molar-refractivity contribution in [2.24, 2.45) is 42.3 Å². The zero-order valence-electron chi connectivity index (χ0n) is 89.2. The molecule has 698 valence electrons. The van der Waals surface area contributed by atoms with E-state index in [1.54, 1.807) is 24.3 Å². The maximum atomic E-state index is 9.17. The third-order valence-electron chi connectivity index (χ3n) is 33.4. The molecule has 0 unspecified atom stereocenters. The molecule has 6 aromatic heterocycles. The zero-order chi connectivity index (χ0) is 99.5. The molecule has 3 fully saturated rings. The van der Waals surface area contributed by atoms with Gasteiger partial charge in [-0.05, 0) is 201 Å². The predicted molar refractivity (Wildman–Crippen MR) is 543 cm³/mol. The van der Waals surface area contributed by atoms with Crippen LogP contribution in [0.25, 0.3) is 67.5 Å². The highest BCUT2D eigenvalue weighted by molar-refractivity contribution is 5.80. The maximum absolute atomic E-state index is 9.17. The first-order valence-corrected chi connectivity index (χ1v) is 49.4. The molecule has 0 amide bonds. The van der Waals surface area contributed by atoms with E-state index in [4.69, 9.17) is 33.9 Å². The summed E-state index contributed by atoms with van der Waals surface area (Å²) < 4.78 is 88.8. The highest BCUT2D eigenvalue weighted by atomic mass is 16.5. The van der Waals surface area contributed by atoms with Crippen molar-refractivity contribution in [2.75, 3.05) is 6.61 Å². The van der Waals surface area contributed by atoms with Gasteiger partial charge in [0.2, 0.25) is 34.2 Å². The summed E-state index contributed by atoms with van der Waals surface area (Å²) in [6.07, 6.45) is 21.9. The molecule has 135 heavy (non-hydrogen) atoms. The average Bonchev–Trinajstić information content (AvgIpc) is 1.49. The second kappa shape index (κ2) is 34.5. The average molecular weight is 1810 g/mol. The molecule has 4 spiro atoms. The van der Waals surface area contributed by atoms with Crippen molar-refractivity contribution < 1.29 is 61.3 Å². The lowest BCUT2D eigenvalue weighted by Crippen LogP contribution is -2.49. The van der Waals surface area contributed by atoms with Crippen LogP contribution in [0.1, 0.15) is 251 Å².